The van der Waals surface area contributed by atoms with Crippen LogP contribution in [0.4, 0.5) is 5.69 Å². The molecule has 92 valence electrons. The zero-order chi connectivity index (χ0) is 13.0. The van der Waals surface area contributed by atoms with Gasteiger partial charge in [0, 0.05) is 18.6 Å². The lowest BCUT2D eigenvalue weighted by Crippen LogP contribution is -1.84. The molecule has 1 heterocycles. The number of aromatic hydroxyl groups is 2. The Labute approximate surface area is 105 Å². The summed E-state index contributed by atoms with van der Waals surface area (Å²) in [7, 11) is 0. The van der Waals surface area contributed by atoms with Gasteiger partial charge in [-0.05, 0) is 30.2 Å². The Morgan fingerprint density at radius 1 is 1.22 bits per heavy atom. The van der Waals surface area contributed by atoms with Crippen LogP contribution in [0.25, 0.3) is 0 Å². The van der Waals surface area contributed by atoms with Crippen molar-refractivity contribution in [3.05, 3.63) is 47.8 Å². The van der Waals surface area contributed by atoms with Crippen LogP contribution in [0.3, 0.4) is 0 Å². The first-order valence-corrected chi connectivity index (χ1v) is 5.69. The van der Waals surface area contributed by atoms with E-state index in [9.17, 15) is 10.2 Å². The molecule has 4 heteroatoms. The third-order valence-electron chi connectivity index (χ3n) is 2.62. The van der Waals surface area contributed by atoms with Gasteiger partial charge in [-0.15, -0.1) is 0 Å². The lowest BCUT2D eigenvalue weighted by molar-refractivity contribution is 0.473. The number of rotatable bonds is 3. The Hall–Kier alpha value is -2.36. The highest BCUT2D eigenvalue weighted by atomic mass is 16.3. The van der Waals surface area contributed by atoms with Crippen LogP contribution in [0.1, 0.15) is 18.1 Å². The Balaban J connectivity index is 2.31. The van der Waals surface area contributed by atoms with Crippen LogP contribution in [-0.2, 0) is 6.42 Å². The van der Waals surface area contributed by atoms with Crippen molar-refractivity contribution in [2.75, 3.05) is 0 Å². The van der Waals surface area contributed by atoms with Gasteiger partial charge in [-0.3, -0.25) is 9.98 Å². The number of nitrogens with zero attached hydrogens (tertiary/aromatic N) is 2. The van der Waals surface area contributed by atoms with E-state index in [1.807, 2.05) is 19.1 Å². The summed E-state index contributed by atoms with van der Waals surface area (Å²) in [5.74, 6) is 0.228. The number of hydrogen-bond donors (Lipinski definition) is 2. The zero-order valence-electron chi connectivity index (χ0n) is 10.0. The van der Waals surface area contributed by atoms with Gasteiger partial charge in [-0.1, -0.05) is 13.0 Å². The molecule has 0 saturated carbocycles. The molecule has 2 rings (SSSR count). The molecular formula is C14H14N2O2. The van der Waals surface area contributed by atoms with E-state index >= 15 is 0 Å². The molecule has 0 aliphatic carbocycles. The molecular weight excluding hydrogens is 228 g/mol. The predicted molar refractivity (Wildman–Crippen MR) is 70.6 cm³/mol. The van der Waals surface area contributed by atoms with Gasteiger partial charge in [0.2, 0.25) is 0 Å². The van der Waals surface area contributed by atoms with Crippen LogP contribution in [0.2, 0.25) is 0 Å². The van der Waals surface area contributed by atoms with Gasteiger partial charge < -0.3 is 10.2 Å². The van der Waals surface area contributed by atoms with Crippen LogP contribution in [0.5, 0.6) is 11.5 Å². The highest BCUT2D eigenvalue weighted by Crippen LogP contribution is 2.27. The molecule has 1 aromatic carbocycles. The lowest BCUT2D eigenvalue weighted by atomic mass is 10.1. The van der Waals surface area contributed by atoms with Crippen molar-refractivity contribution in [3.8, 4) is 11.5 Å². The topological polar surface area (TPSA) is 65.7 Å². The fraction of sp³-hybridized carbons (Fsp3) is 0.143. The predicted octanol–water partition coefficient (Wildman–Crippen LogP) is 2.81. The van der Waals surface area contributed by atoms with Gasteiger partial charge in [-0.2, -0.15) is 0 Å². The summed E-state index contributed by atoms with van der Waals surface area (Å²) in [6.45, 7) is 2.03. The summed E-state index contributed by atoms with van der Waals surface area (Å²) in [4.78, 5) is 8.07. The zero-order valence-corrected chi connectivity index (χ0v) is 10.0. The number of phenolic OH excluding ortho intramolecular Hbond substituents is 1. The fourth-order valence-electron chi connectivity index (χ4n) is 1.53. The minimum Gasteiger partial charge on any atom is -0.507 e. The van der Waals surface area contributed by atoms with E-state index in [0.29, 0.717) is 11.3 Å². The molecule has 0 aliphatic rings. The van der Waals surface area contributed by atoms with Gasteiger partial charge in [0.25, 0.3) is 0 Å². The molecule has 0 atom stereocenters. The quantitative estimate of drug-likeness (QED) is 0.813. The highest BCUT2D eigenvalue weighted by molar-refractivity contribution is 5.85. The van der Waals surface area contributed by atoms with Gasteiger partial charge in [0.15, 0.2) is 0 Å². The van der Waals surface area contributed by atoms with Crippen molar-refractivity contribution in [2.24, 2.45) is 4.99 Å². The smallest absolute Gasteiger partial charge is 0.141 e. The van der Waals surface area contributed by atoms with Crippen LogP contribution in [-0.4, -0.2) is 21.4 Å². The first-order valence-electron chi connectivity index (χ1n) is 5.69. The first kappa shape index (κ1) is 12.1. The average molecular weight is 242 g/mol. The molecule has 1 aromatic heterocycles. The molecule has 2 N–H and O–H groups in total. The second kappa shape index (κ2) is 5.31. The molecule has 18 heavy (non-hydrogen) atoms. The second-order valence-electron chi connectivity index (χ2n) is 3.87. The Morgan fingerprint density at radius 3 is 2.78 bits per heavy atom. The van der Waals surface area contributed by atoms with Gasteiger partial charge in [0.05, 0.1) is 5.56 Å². The number of phenols is 1. The number of aliphatic imine (C=N–C) groups is 1. The van der Waals surface area contributed by atoms with E-state index < -0.39 is 0 Å². The SMILES string of the molecule is CCc1ccc(O)c(/N=C/c2cnccc2O)c1. The van der Waals surface area contributed by atoms with Crippen LogP contribution in [0, 0.1) is 0 Å². The minimum absolute atomic E-state index is 0.111. The Kier molecular flexibility index (Phi) is 3.57. The Bertz CT molecular complexity index is 580. The molecule has 0 radical (unpaired) electrons. The third kappa shape index (κ3) is 2.66. The summed E-state index contributed by atoms with van der Waals surface area (Å²) in [5.41, 5.74) is 2.09. The van der Waals surface area contributed by atoms with Crippen LogP contribution < -0.4 is 0 Å². The molecule has 0 bridgehead atoms. The summed E-state index contributed by atoms with van der Waals surface area (Å²) < 4.78 is 0. The molecule has 2 aromatic rings. The number of benzene rings is 1. The molecule has 0 saturated heterocycles. The fourth-order valence-corrected chi connectivity index (χ4v) is 1.53. The van der Waals surface area contributed by atoms with Gasteiger partial charge in [0.1, 0.15) is 17.2 Å². The van der Waals surface area contributed by atoms with Crippen molar-refractivity contribution >= 4 is 11.9 Å². The van der Waals surface area contributed by atoms with Gasteiger partial charge >= 0.3 is 0 Å². The first-order chi connectivity index (χ1) is 8.70. The minimum atomic E-state index is 0.111. The van der Waals surface area contributed by atoms with Crippen molar-refractivity contribution in [1.29, 1.82) is 0 Å². The molecule has 0 unspecified atom stereocenters. The van der Waals surface area contributed by atoms with Crippen molar-refractivity contribution in [1.82, 2.24) is 4.98 Å². The maximum atomic E-state index is 9.69. The number of aromatic nitrogens is 1. The highest BCUT2D eigenvalue weighted by Gasteiger charge is 2.01. The molecule has 4 nitrogen and oxygen atoms in total. The average Bonchev–Trinajstić information content (AvgIpc) is 2.39. The molecule has 0 amide bonds. The molecule has 0 aliphatic heterocycles. The van der Waals surface area contributed by atoms with E-state index in [1.54, 1.807) is 6.07 Å². The molecule has 0 fully saturated rings. The van der Waals surface area contributed by atoms with E-state index in [-0.39, 0.29) is 11.5 Å². The van der Waals surface area contributed by atoms with E-state index in [0.717, 1.165) is 12.0 Å². The van der Waals surface area contributed by atoms with Crippen LogP contribution >= 0.6 is 0 Å². The largest absolute Gasteiger partial charge is 0.507 e. The maximum Gasteiger partial charge on any atom is 0.141 e. The van der Waals surface area contributed by atoms with Crippen molar-refractivity contribution in [2.45, 2.75) is 13.3 Å². The molecule has 0 spiro atoms. The maximum absolute atomic E-state index is 9.69. The van der Waals surface area contributed by atoms with E-state index in [4.69, 9.17) is 0 Å². The van der Waals surface area contributed by atoms with E-state index in [2.05, 4.69) is 9.98 Å². The lowest BCUT2D eigenvalue weighted by Gasteiger charge is -2.02. The monoisotopic (exact) mass is 242 g/mol. The normalized spacial score (nSPS) is 10.9. The van der Waals surface area contributed by atoms with Crippen molar-refractivity contribution < 1.29 is 10.2 Å². The summed E-state index contributed by atoms with van der Waals surface area (Å²) in [6, 6.07) is 6.79. The Morgan fingerprint density at radius 2 is 2.06 bits per heavy atom. The second-order valence-corrected chi connectivity index (χ2v) is 3.87. The number of aryl methyl sites for hydroxylation is 1. The van der Waals surface area contributed by atoms with Gasteiger partial charge in [-0.25, -0.2) is 0 Å². The van der Waals surface area contributed by atoms with E-state index in [1.165, 1.54) is 24.7 Å². The van der Waals surface area contributed by atoms with Crippen LogP contribution in [0.15, 0.2) is 41.7 Å². The van der Waals surface area contributed by atoms with Crippen molar-refractivity contribution in [3.63, 3.8) is 0 Å². The third-order valence-corrected chi connectivity index (χ3v) is 2.62. The number of pyridine rings is 1. The summed E-state index contributed by atoms with van der Waals surface area (Å²) in [6.07, 6.45) is 5.37. The summed E-state index contributed by atoms with van der Waals surface area (Å²) in [5, 5.41) is 19.3. The standard InChI is InChI=1S/C14H14N2O2/c1-2-10-3-4-14(18)12(7-10)16-9-11-8-15-6-5-13(11)17/h3-9,18H,2H2,1H3,(H,15,17)/b16-9+. The summed E-state index contributed by atoms with van der Waals surface area (Å²) >= 11 is 0. The number of hydrogen-bond acceptors (Lipinski definition) is 4.